The fraction of sp³-hybridized carbons (Fsp3) is 0.100. The molecule has 2 aromatic rings. The average molecular weight is 240 g/mol. The van der Waals surface area contributed by atoms with Crippen molar-refractivity contribution in [1.29, 1.82) is 0 Å². The lowest BCUT2D eigenvalue weighted by molar-refractivity contribution is 1.31. The summed E-state index contributed by atoms with van der Waals surface area (Å²) in [6.45, 7) is 0. The molecule has 1 nitrogen and oxygen atoms in total. The second kappa shape index (κ2) is 4.22. The zero-order chi connectivity index (χ0) is 9.97. The van der Waals surface area contributed by atoms with Gasteiger partial charge >= 0.3 is 0 Å². The van der Waals surface area contributed by atoms with E-state index in [-0.39, 0.29) is 0 Å². The van der Waals surface area contributed by atoms with Crippen LogP contribution in [0, 0.1) is 12.3 Å². The molecular formula is C10H6ClNS2. The molecule has 0 bridgehead atoms. The van der Waals surface area contributed by atoms with Crippen LogP contribution < -0.4 is 0 Å². The second-order valence-electron chi connectivity index (χ2n) is 2.58. The van der Waals surface area contributed by atoms with Gasteiger partial charge in [-0.1, -0.05) is 29.3 Å². The summed E-state index contributed by atoms with van der Waals surface area (Å²) >= 11 is 9.08. The van der Waals surface area contributed by atoms with Gasteiger partial charge in [0.15, 0.2) is 4.34 Å². The van der Waals surface area contributed by atoms with Crippen molar-refractivity contribution in [2.24, 2.45) is 0 Å². The molecule has 0 radical (unpaired) electrons. The zero-order valence-corrected chi connectivity index (χ0v) is 9.55. The number of hydrogen-bond acceptors (Lipinski definition) is 3. The van der Waals surface area contributed by atoms with Crippen LogP contribution in [-0.2, 0) is 0 Å². The van der Waals surface area contributed by atoms with Crippen LogP contribution in [0.25, 0.3) is 10.2 Å². The Morgan fingerprint density at radius 3 is 3.21 bits per heavy atom. The Morgan fingerprint density at radius 2 is 2.43 bits per heavy atom. The number of rotatable bonds is 2. The van der Waals surface area contributed by atoms with E-state index in [0.29, 0.717) is 5.75 Å². The summed E-state index contributed by atoms with van der Waals surface area (Å²) in [5.74, 6) is 3.24. The molecule has 1 aromatic heterocycles. The maximum Gasteiger partial charge on any atom is 0.152 e. The maximum absolute atomic E-state index is 5.87. The van der Waals surface area contributed by atoms with E-state index in [1.165, 1.54) is 0 Å². The van der Waals surface area contributed by atoms with E-state index in [0.717, 1.165) is 19.6 Å². The summed E-state index contributed by atoms with van der Waals surface area (Å²) in [5, 5.41) is 0.745. The van der Waals surface area contributed by atoms with Crippen molar-refractivity contribution in [3.05, 3.63) is 23.2 Å². The highest BCUT2D eigenvalue weighted by Gasteiger charge is 2.03. The van der Waals surface area contributed by atoms with Gasteiger partial charge < -0.3 is 0 Å². The number of terminal acetylenes is 1. The van der Waals surface area contributed by atoms with Crippen molar-refractivity contribution >= 4 is 44.9 Å². The molecule has 1 aromatic carbocycles. The molecule has 0 N–H and O–H groups in total. The predicted octanol–water partition coefficient (Wildman–Crippen LogP) is 3.68. The van der Waals surface area contributed by atoms with Gasteiger partial charge in [-0.2, -0.15) is 0 Å². The van der Waals surface area contributed by atoms with E-state index < -0.39 is 0 Å². The Labute approximate surface area is 95.5 Å². The topological polar surface area (TPSA) is 12.9 Å². The number of aromatic nitrogens is 1. The number of fused-ring (bicyclic) bond motifs is 1. The molecule has 70 valence electrons. The van der Waals surface area contributed by atoms with Gasteiger partial charge in [-0.25, -0.2) is 4.98 Å². The fourth-order valence-corrected chi connectivity index (χ4v) is 3.07. The standard InChI is InChI=1S/C10H6ClNS2/c1-2-5-13-10-12-8-4-3-7(11)6-9(8)14-10/h1,3-4,6H,5H2. The van der Waals surface area contributed by atoms with Gasteiger partial charge in [0, 0.05) is 5.02 Å². The van der Waals surface area contributed by atoms with E-state index in [1.54, 1.807) is 23.1 Å². The predicted molar refractivity (Wildman–Crippen MR) is 64.2 cm³/mol. The lowest BCUT2D eigenvalue weighted by Gasteiger charge is -1.86. The molecule has 4 heteroatoms. The minimum Gasteiger partial charge on any atom is -0.230 e. The van der Waals surface area contributed by atoms with Crippen molar-refractivity contribution in [2.45, 2.75) is 4.34 Å². The Morgan fingerprint density at radius 1 is 1.57 bits per heavy atom. The molecule has 2 rings (SSSR count). The Kier molecular flexibility index (Phi) is 2.97. The molecule has 0 aliphatic carbocycles. The van der Waals surface area contributed by atoms with Gasteiger partial charge in [-0.15, -0.1) is 17.8 Å². The number of nitrogens with zero attached hydrogens (tertiary/aromatic N) is 1. The van der Waals surface area contributed by atoms with Gasteiger partial charge in [0.1, 0.15) is 0 Å². The lowest BCUT2D eigenvalue weighted by Crippen LogP contribution is -1.71. The molecular weight excluding hydrogens is 234 g/mol. The van der Waals surface area contributed by atoms with E-state index in [2.05, 4.69) is 10.9 Å². The lowest BCUT2D eigenvalue weighted by atomic mass is 10.3. The Balaban J connectivity index is 2.37. The normalized spacial score (nSPS) is 10.3. The summed E-state index contributed by atoms with van der Waals surface area (Å²) in [4.78, 5) is 4.42. The highest BCUT2D eigenvalue weighted by molar-refractivity contribution is 8.01. The molecule has 0 atom stereocenters. The number of hydrogen-bond donors (Lipinski definition) is 0. The molecule has 0 fully saturated rings. The molecule has 0 spiro atoms. The Bertz CT molecular complexity index is 498. The first-order valence-electron chi connectivity index (χ1n) is 3.92. The van der Waals surface area contributed by atoms with Gasteiger partial charge in [0.05, 0.1) is 16.0 Å². The van der Waals surface area contributed by atoms with Crippen LogP contribution in [0.5, 0.6) is 0 Å². The molecule has 0 unspecified atom stereocenters. The summed E-state index contributed by atoms with van der Waals surface area (Å²) in [7, 11) is 0. The third kappa shape index (κ3) is 2.03. The van der Waals surface area contributed by atoms with Crippen LogP contribution in [0.1, 0.15) is 0 Å². The van der Waals surface area contributed by atoms with Crippen molar-refractivity contribution in [3.63, 3.8) is 0 Å². The van der Waals surface area contributed by atoms with Crippen molar-refractivity contribution in [1.82, 2.24) is 4.98 Å². The van der Waals surface area contributed by atoms with Crippen LogP contribution in [0.4, 0.5) is 0 Å². The van der Waals surface area contributed by atoms with Crippen LogP contribution in [0.2, 0.25) is 5.02 Å². The quantitative estimate of drug-likeness (QED) is 0.586. The van der Waals surface area contributed by atoms with Crippen LogP contribution in [-0.4, -0.2) is 10.7 Å². The van der Waals surface area contributed by atoms with E-state index in [4.69, 9.17) is 18.0 Å². The molecule has 0 amide bonds. The zero-order valence-electron chi connectivity index (χ0n) is 7.16. The smallest absolute Gasteiger partial charge is 0.152 e. The molecule has 1 heterocycles. The average Bonchev–Trinajstić information content (AvgIpc) is 2.56. The highest BCUT2D eigenvalue weighted by Crippen LogP contribution is 2.30. The van der Waals surface area contributed by atoms with Crippen molar-refractivity contribution < 1.29 is 0 Å². The summed E-state index contributed by atoms with van der Waals surface area (Å²) in [5.41, 5.74) is 0.985. The number of halogens is 1. The number of thioether (sulfide) groups is 1. The van der Waals surface area contributed by atoms with Gasteiger partial charge in [-0.3, -0.25) is 0 Å². The molecule has 0 aliphatic heterocycles. The van der Waals surface area contributed by atoms with Gasteiger partial charge in [-0.05, 0) is 18.2 Å². The minimum absolute atomic E-state index is 0.660. The first kappa shape index (κ1) is 9.85. The van der Waals surface area contributed by atoms with Crippen molar-refractivity contribution in [2.75, 3.05) is 5.75 Å². The SMILES string of the molecule is C#CCSc1nc2ccc(Cl)cc2s1. The summed E-state index contributed by atoms with van der Waals surface area (Å²) in [6, 6.07) is 5.70. The largest absolute Gasteiger partial charge is 0.230 e. The third-order valence-electron chi connectivity index (χ3n) is 1.61. The van der Waals surface area contributed by atoms with Crippen molar-refractivity contribution in [3.8, 4) is 12.3 Å². The second-order valence-corrected chi connectivity index (χ2v) is 5.27. The fourth-order valence-electron chi connectivity index (χ4n) is 1.04. The first-order valence-corrected chi connectivity index (χ1v) is 6.10. The van der Waals surface area contributed by atoms with Crippen LogP contribution in [0.15, 0.2) is 22.5 Å². The van der Waals surface area contributed by atoms with Gasteiger partial charge in [0.25, 0.3) is 0 Å². The third-order valence-corrected chi connectivity index (χ3v) is 3.91. The summed E-state index contributed by atoms with van der Waals surface area (Å²) < 4.78 is 2.11. The molecule has 0 aliphatic rings. The number of benzene rings is 1. The highest BCUT2D eigenvalue weighted by atomic mass is 35.5. The monoisotopic (exact) mass is 239 g/mol. The Hall–Kier alpha value is -0.690. The molecule has 14 heavy (non-hydrogen) atoms. The maximum atomic E-state index is 5.87. The number of thiazole rings is 1. The van der Waals surface area contributed by atoms with Gasteiger partial charge in [0.2, 0.25) is 0 Å². The molecule has 0 saturated heterocycles. The van der Waals surface area contributed by atoms with Crippen LogP contribution in [0.3, 0.4) is 0 Å². The first-order chi connectivity index (χ1) is 6.79. The van der Waals surface area contributed by atoms with E-state index in [9.17, 15) is 0 Å². The van der Waals surface area contributed by atoms with Crippen LogP contribution >= 0.6 is 34.7 Å². The molecule has 0 saturated carbocycles. The summed E-state index contributed by atoms with van der Waals surface area (Å²) in [6.07, 6.45) is 5.18. The van der Waals surface area contributed by atoms with E-state index in [1.807, 2.05) is 18.2 Å². The minimum atomic E-state index is 0.660. The van der Waals surface area contributed by atoms with E-state index >= 15 is 0 Å².